The van der Waals surface area contributed by atoms with Gasteiger partial charge in [0.15, 0.2) is 0 Å². The van der Waals surface area contributed by atoms with Crippen LogP contribution in [0.5, 0.6) is 5.75 Å². The molecule has 18 heavy (non-hydrogen) atoms. The van der Waals surface area contributed by atoms with Crippen molar-refractivity contribution >= 4 is 5.91 Å². The van der Waals surface area contributed by atoms with Gasteiger partial charge in [-0.05, 0) is 12.0 Å². The molecule has 4 heteroatoms. The third-order valence-electron chi connectivity index (χ3n) is 2.88. The molecule has 1 rings (SSSR count). The van der Waals surface area contributed by atoms with Crippen molar-refractivity contribution < 1.29 is 9.90 Å². The second-order valence-corrected chi connectivity index (χ2v) is 4.96. The lowest BCUT2D eigenvalue weighted by molar-refractivity contribution is -0.132. The first kappa shape index (κ1) is 14.5. The van der Waals surface area contributed by atoms with Gasteiger partial charge in [0.1, 0.15) is 5.75 Å². The molecule has 100 valence electrons. The smallest absolute Gasteiger partial charge is 0.239 e. The maximum absolute atomic E-state index is 12.0. The number of para-hydroxylation sites is 1. The van der Waals surface area contributed by atoms with Gasteiger partial charge in [-0.2, -0.15) is 0 Å². The fraction of sp³-hybridized carbons (Fsp3) is 0.500. The van der Waals surface area contributed by atoms with E-state index in [1.807, 2.05) is 26.0 Å². The van der Waals surface area contributed by atoms with Crippen molar-refractivity contribution in [3.8, 4) is 5.75 Å². The third kappa shape index (κ3) is 3.74. The topological polar surface area (TPSA) is 52.6 Å². The quantitative estimate of drug-likeness (QED) is 0.834. The summed E-state index contributed by atoms with van der Waals surface area (Å²) < 4.78 is 0. The Labute approximate surface area is 109 Å². The predicted molar refractivity (Wildman–Crippen MR) is 72.3 cm³/mol. The molecule has 0 aromatic heterocycles. The van der Waals surface area contributed by atoms with Crippen LogP contribution in [0.4, 0.5) is 0 Å². The molecule has 0 saturated carbocycles. The van der Waals surface area contributed by atoms with Crippen molar-refractivity contribution in [1.82, 2.24) is 10.2 Å². The zero-order valence-corrected chi connectivity index (χ0v) is 11.5. The van der Waals surface area contributed by atoms with E-state index in [4.69, 9.17) is 0 Å². The van der Waals surface area contributed by atoms with Crippen LogP contribution in [0.25, 0.3) is 0 Å². The standard InChI is InChI=1S/C14H22N2O2/c1-10(2)13(14(18)16(3)4)15-9-11-7-5-6-8-12(11)17/h5-8,10,13,15,17H,9H2,1-4H3/t13-/m1/s1. The Balaban J connectivity index is 2.69. The lowest BCUT2D eigenvalue weighted by Gasteiger charge is -2.25. The summed E-state index contributed by atoms with van der Waals surface area (Å²) in [6, 6.07) is 6.91. The second-order valence-electron chi connectivity index (χ2n) is 4.96. The number of likely N-dealkylation sites (N-methyl/N-ethyl adjacent to an activating group) is 1. The number of amides is 1. The molecule has 0 fully saturated rings. The molecule has 2 N–H and O–H groups in total. The molecule has 0 spiro atoms. The first-order chi connectivity index (χ1) is 8.43. The summed E-state index contributed by atoms with van der Waals surface area (Å²) in [5, 5.41) is 12.9. The zero-order chi connectivity index (χ0) is 13.7. The lowest BCUT2D eigenvalue weighted by atomic mass is 10.0. The molecule has 0 heterocycles. The highest BCUT2D eigenvalue weighted by Crippen LogP contribution is 2.16. The largest absolute Gasteiger partial charge is 0.508 e. The van der Waals surface area contributed by atoms with Crippen molar-refractivity contribution in [2.45, 2.75) is 26.4 Å². The second kappa shape index (κ2) is 6.40. The van der Waals surface area contributed by atoms with Gasteiger partial charge in [0.25, 0.3) is 0 Å². The molecule has 1 atom stereocenters. The highest BCUT2D eigenvalue weighted by molar-refractivity contribution is 5.81. The molecular formula is C14H22N2O2. The van der Waals surface area contributed by atoms with E-state index < -0.39 is 0 Å². The molecule has 0 aliphatic heterocycles. The van der Waals surface area contributed by atoms with Crippen molar-refractivity contribution in [1.29, 1.82) is 0 Å². The predicted octanol–water partition coefficient (Wildman–Crippen LogP) is 1.59. The molecule has 0 aliphatic rings. The molecule has 1 aromatic rings. The monoisotopic (exact) mass is 250 g/mol. The Morgan fingerprint density at radius 1 is 1.33 bits per heavy atom. The Bertz CT molecular complexity index is 403. The number of carbonyl (C=O) groups excluding carboxylic acids is 1. The number of rotatable bonds is 5. The van der Waals surface area contributed by atoms with Crippen molar-refractivity contribution in [2.24, 2.45) is 5.92 Å². The number of hydrogen-bond acceptors (Lipinski definition) is 3. The van der Waals surface area contributed by atoms with Gasteiger partial charge in [-0.15, -0.1) is 0 Å². The molecule has 0 saturated heterocycles. The summed E-state index contributed by atoms with van der Waals surface area (Å²) in [4.78, 5) is 13.6. The average molecular weight is 250 g/mol. The van der Waals surface area contributed by atoms with Gasteiger partial charge in [-0.1, -0.05) is 32.0 Å². The van der Waals surface area contributed by atoms with Gasteiger partial charge in [0.2, 0.25) is 5.91 Å². The molecule has 0 aliphatic carbocycles. The maximum Gasteiger partial charge on any atom is 0.239 e. The molecule has 4 nitrogen and oxygen atoms in total. The zero-order valence-electron chi connectivity index (χ0n) is 11.5. The number of nitrogens with one attached hydrogen (secondary N) is 1. The van der Waals surface area contributed by atoms with Gasteiger partial charge in [0, 0.05) is 26.2 Å². The van der Waals surface area contributed by atoms with Crippen LogP contribution in [0.15, 0.2) is 24.3 Å². The Hall–Kier alpha value is -1.55. The number of phenols is 1. The molecule has 1 amide bonds. The summed E-state index contributed by atoms with van der Waals surface area (Å²) in [7, 11) is 3.50. The number of benzene rings is 1. The summed E-state index contributed by atoms with van der Waals surface area (Å²) in [5.41, 5.74) is 0.801. The lowest BCUT2D eigenvalue weighted by Crippen LogP contribution is -2.46. The van der Waals surface area contributed by atoms with Crippen LogP contribution in [0.1, 0.15) is 19.4 Å². The first-order valence-corrected chi connectivity index (χ1v) is 6.15. The average Bonchev–Trinajstić information content (AvgIpc) is 2.30. The van der Waals surface area contributed by atoms with Crippen LogP contribution >= 0.6 is 0 Å². The maximum atomic E-state index is 12.0. The Kier molecular flexibility index (Phi) is 5.16. The van der Waals surface area contributed by atoms with Gasteiger partial charge in [-0.3, -0.25) is 4.79 Å². The first-order valence-electron chi connectivity index (χ1n) is 6.15. The van der Waals surface area contributed by atoms with Crippen LogP contribution in [0.3, 0.4) is 0 Å². The Morgan fingerprint density at radius 3 is 2.44 bits per heavy atom. The van der Waals surface area contributed by atoms with E-state index in [0.717, 1.165) is 5.56 Å². The fourth-order valence-corrected chi connectivity index (χ4v) is 1.77. The third-order valence-corrected chi connectivity index (χ3v) is 2.88. The highest BCUT2D eigenvalue weighted by Gasteiger charge is 2.23. The molecular weight excluding hydrogens is 228 g/mol. The minimum absolute atomic E-state index is 0.0559. The van der Waals surface area contributed by atoms with Gasteiger partial charge >= 0.3 is 0 Å². The summed E-state index contributed by atoms with van der Waals surface area (Å²) in [6.07, 6.45) is 0. The highest BCUT2D eigenvalue weighted by atomic mass is 16.3. The number of nitrogens with zero attached hydrogens (tertiary/aromatic N) is 1. The molecule has 1 aromatic carbocycles. The molecule has 0 bridgehead atoms. The van der Waals surface area contributed by atoms with Crippen molar-refractivity contribution in [2.75, 3.05) is 14.1 Å². The summed E-state index contributed by atoms with van der Waals surface area (Å²) >= 11 is 0. The van der Waals surface area contributed by atoms with Crippen molar-refractivity contribution in [3.63, 3.8) is 0 Å². The molecule has 0 unspecified atom stereocenters. The minimum Gasteiger partial charge on any atom is -0.508 e. The van der Waals surface area contributed by atoms with Crippen molar-refractivity contribution in [3.05, 3.63) is 29.8 Å². The van der Waals surface area contributed by atoms with E-state index in [1.165, 1.54) is 0 Å². The van der Waals surface area contributed by atoms with Crippen LogP contribution in [-0.4, -0.2) is 36.1 Å². The van der Waals surface area contributed by atoms with E-state index in [1.54, 1.807) is 31.1 Å². The minimum atomic E-state index is -0.236. The molecule has 0 radical (unpaired) electrons. The summed E-state index contributed by atoms with van der Waals surface area (Å²) in [6.45, 7) is 4.49. The van der Waals surface area contributed by atoms with Gasteiger partial charge in [-0.25, -0.2) is 0 Å². The summed E-state index contributed by atoms with van der Waals surface area (Å²) in [5.74, 6) is 0.510. The number of carbonyl (C=O) groups is 1. The van der Waals surface area contributed by atoms with Crippen LogP contribution in [-0.2, 0) is 11.3 Å². The van der Waals surface area contributed by atoms with Crippen LogP contribution < -0.4 is 5.32 Å². The van der Waals surface area contributed by atoms with E-state index in [9.17, 15) is 9.90 Å². The van der Waals surface area contributed by atoms with Crippen LogP contribution in [0.2, 0.25) is 0 Å². The number of phenolic OH excluding ortho intramolecular Hbond substituents is 1. The fourth-order valence-electron chi connectivity index (χ4n) is 1.77. The van der Waals surface area contributed by atoms with E-state index >= 15 is 0 Å². The number of aromatic hydroxyl groups is 1. The van der Waals surface area contributed by atoms with E-state index in [0.29, 0.717) is 6.54 Å². The van der Waals surface area contributed by atoms with Gasteiger partial charge < -0.3 is 15.3 Å². The SMILES string of the molecule is CC(C)[C@@H](NCc1ccccc1O)C(=O)N(C)C. The van der Waals surface area contributed by atoms with E-state index in [2.05, 4.69) is 5.32 Å². The van der Waals surface area contributed by atoms with E-state index in [-0.39, 0.29) is 23.6 Å². The number of hydrogen-bond donors (Lipinski definition) is 2. The normalized spacial score (nSPS) is 12.5. The van der Waals surface area contributed by atoms with Gasteiger partial charge in [0.05, 0.1) is 6.04 Å². The van der Waals surface area contributed by atoms with Crippen LogP contribution in [0, 0.1) is 5.92 Å². The Morgan fingerprint density at radius 2 is 1.94 bits per heavy atom.